The van der Waals surface area contributed by atoms with Gasteiger partial charge in [0.25, 0.3) is 6.47 Å². The van der Waals surface area contributed by atoms with Crippen LogP contribution in [0.3, 0.4) is 0 Å². The summed E-state index contributed by atoms with van der Waals surface area (Å²) in [6.45, 7) is 2.35. The predicted octanol–water partition coefficient (Wildman–Crippen LogP) is 3.87. The summed E-state index contributed by atoms with van der Waals surface area (Å²) in [5, 5.41) is 6.89. The van der Waals surface area contributed by atoms with E-state index in [2.05, 4.69) is 34.9 Å². The molecule has 0 amide bonds. The number of carbonyl (C=O) groups is 1. The molecule has 3 aliphatic rings. The van der Waals surface area contributed by atoms with Crippen LogP contribution in [0.15, 0.2) is 42.5 Å². The molecular weight excluding hydrogens is 341 g/mol. The van der Waals surface area contributed by atoms with Gasteiger partial charge in [0.2, 0.25) is 0 Å². The highest BCUT2D eigenvalue weighted by Gasteiger charge is 2.47. The SMILES string of the molecule is Fc1cccc(C#Cc2ccc3c(c2)CCC3N2CC3CC3C2)c1.O=CO. The van der Waals surface area contributed by atoms with E-state index < -0.39 is 0 Å². The molecule has 1 aliphatic heterocycles. The van der Waals surface area contributed by atoms with E-state index in [9.17, 15) is 4.39 Å². The molecule has 2 fully saturated rings. The van der Waals surface area contributed by atoms with Gasteiger partial charge in [-0.05, 0) is 72.6 Å². The summed E-state index contributed by atoms with van der Waals surface area (Å²) in [6.07, 6.45) is 3.86. The Labute approximate surface area is 158 Å². The third-order valence-corrected chi connectivity index (χ3v) is 5.81. The first kappa shape index (κ1) is 17.8. The topological polar surface area (TPSA) is 40.5 Å². The number of benzene rings is 2. The van der Waals surface area contributed by atoms with Crippen molar-refractivity contribution in [1.82, 2.24) is 4.90 Å². The number of likely N-dealkylation sites (tertiary alicyclic amines) is 1. The Bertz CT molecular complexity index is 904. The Balaban J connectivity index is 0.000000565. The van der Waals surface area contributed by atoms with Crippen molar-refractivity contribution in [2.75, 3.05) is 13.1 Å². The maximum atomic E-state index is 13.2. The lowest BCUT2D eigenvalue weighted by Gasteiger charge is -2.26. The summed E-state index contributed by atoms with van der Waals surface area (Å²) in [6, 6.07) is 13.7. The van der Waals surface area contributed by atoms with Crippen molar-refractivity contribution in [2.24, 2.45) is 11.8 Å². The Hall–Kier alpha value is -2.64. The minimum atomic E-state index is -0.250. The maximum Gasteiger partial charge on any atom is 0.290 e. The van der Waals surface area contributed by atoms with Crippen LogP contribution >= 0.6 is 0 Å². The first-order valence-electron chi connectivity index (χ1n) is 9.40. The monoisotopic (exact) mass is 363 g/mol. The summed E-state index contributed by atoms with van der Waals surface area (Å²) in [5.41, 5.74) is 4.71. The van der Waals surface area contributed by atoms with Gasteiger partial charge in [-0.1, -0.05) is 24.0 Å². The third kappa shape index (κ3) is 3.89. The summed E-state index contributed by atoms with van der Waals surface area (Å²) in [5.74, 6) is 8.00. The molecule has 0 aromatic heterocycles. The molecule has 1 saturated heterocycles. The van der Waals surface area contributed by atoms with E-state index >= 15 is 0 Å². The highest BCUT2D eigenvalue weighted by atomic mass is 19.1. The summed E-state index contributed by atoms with van der Waals surface area (Å²) in [7, 11) is 0. The molecule has 0 bridgehead atoms. The number of rotatable bonds is 1. The minimum Gasteiger partial charge on any atom is -0.483 e. The fraction of sp³-hybridized carbons (Fsp3) is 0.348. The normalized spacial score (nSPS) is 24.7. The average molecular weight is 363 g/mol. The average Bonchev–Trinajstić information content (AvgIpc) is 3.08. The lowest BCUT2D eigenvalue weighted by molar-refractivity contribution is -0.122. The molecule has 138 valence electrons. The van der Waals surface area contributed by atoms with Crippen LogP contribution in [0.1, 0.15) is 41.1 Å². The van der Waals surface area contributed by atoms with Gasteiger partial charge < -0.3 is 5.11 Å². The van der Waals surface area contributed by atoms with Crippen molar-refractivity contribution in [1.29, 1.82) is 0 Å². The number of hydrogen-bond donors (Lipinski definition) is 1. The van der Waals surface area contributed by atoms with Crippen molar-refractivity contribution in [3.63, 3.8) is 0 Å². The van der Waals surface area contributed by atoms with Gasteiger partial charge in [0, 0.05) is 30.3 Å². The first-order valence-corrected chi connectivity index (χ1v) is 9.40. The van der Waals surface area contributed by atoms with E-state index in [1.807, 2.05) is 6.07 Å². The fourth-order valence-electron chi connectivity index (χ4n) is 4.45. The Morgan fingerprint density at radius 1 is 1.07 bits per heavy atom. The van der Waals surface area contributed by atoms with Crippen LogP contribution in [0.25, 0.3) is 0 Å². The second-order valence-corrected chi connectivity index (χ2v) is 7.54. The molecule has 4 heteroatoms. The van der Waals surface area contributed by atoms with Gasteiger partial charge in [-0.25, -0.2) is 4.39 Å². The summed E-state index contributed by atoms with van der Waals surface area (Å²) < 4.78 is 13.2. The van der Waals surface area contributed by atoms with E-state index in [0.717, 1.165) is 29.4 Å². The zero-order chi connectivity index (χ0) is 18.8. The number of carboxylic acid groups (broad SMARTS) is 1. The summed E-state index contributed by atoms with van der Waals surface area (Å²) >= 11 is 0. The lowest BCUT2D eigenvalue weighted by atomic mass is 10.0. The quantitative estimate of drug-likeness (QED) is 0.618. The van der Waals surface area contributed by atoms with E-state index in [-0.39, 0.29) is 12.3 Å². The standard InChI is InChI=1S/C22H20FN.CH2O2/c23-20-3-1-2-15(11-20)4-5-16-6-8-21-17(10-16)7-9-22(21)24-13-18-12-19(18)14-24;2-1-3/h1-3,6,8,10-11,18-19,22H,7,9,12-14H2;1H,(H,2,3). The molecule has 2 aromatic carbocycles. The van der Waals surface area contributed by atoms with Gasteiger partial charge in [0.1, 0.15) is 5.82 Å². The smallest absolute Gasteiger partial charge is 0.290 e. The van der Waals surface area contributed by atoms with Gasteiger partial charge in [-0.15, -0.1) is 0 Å². The maximum absolute atomic E-state index is 13.2. The van der Waals surface area contributed by atoms with Crippen LogP contribution in [-0.2, 0) is 11.2 Å². The van der Waals surface area contributed by atoms with Gasteiger partial charge in [0.05, 0.1) is 0 Å². The number of nitrogens with zero attached hydrogens (tertiary/aromatic N) is 1. The molecule has 3 nitrogen and oxygen atoms in total. The summed E-state index contributed by atoms with van der Waals surface area (Å²) in [4.78, 5) is 11.1. The molecule has 0 spiro atoms. The van der Waals surface area contributed by atoms with Crippen molar-refractivity contribution in [3.8, 4) is 11.8 Å². The second-order valence-electron chi connectivity index (χ2n) is 7.54. The van der Waals surface area contributed by atoms with Crippen LogP contribution in [-0.4, -0.2) is 29.6 Å². The highest BCUT2D eigenvalue weighted by Crippen LogP contribution is 2.49. The Kier molecular flexibility index (Phi) is 4.96. The largest absolute Gasteiger partial charge is 0.483 e. The zero-order valence-corrected chi connectivity index (χ0v) is 15.1. The first-order chi connectivity index (χ1) is 13.2. The van der Waals surface area contributed by atoms with Gasteiger partial charge in [-0.2, -0.15) is 0 Å². The second kappa shape index (κ2) is 7.54. The van der Waals surface area contributed by atoms with E-state index in [0.29, 0.717) is 6.04 Å². The van der Waals surface area contributed by atoms with Crippen LogP contribution in [0, 0.1) is 29.5 Å². The van der Waals surface area contributed by atoms with E-state index in [1.54, 1.807) is 6.07 Å². The highest BCUT2D eigenvalue weighted by molar-refractivity contribution is 5.47. The lowest BCUT2D eigenvalue weighted by Crippen LogP contribution is -2.26. The minimum absolute atomic E-state index is 0.234. The molecular formula is C23H22FNO2. The molecule has 1 N–H and O–H groups in total. The Morgan fingerprint density at radius 2 is 1.78 bits per heavy atom. The van der Waals surface area contributed by atoms with Crippen molar-refractivity contribution < 1.29 is 14.3 Å². The van der Waals surface area contributed by atoms with E-state index in [1.165, 1.54) is 49.2 Å². The van der Waals surface area contributed by atoms with Crippen LogP contribution < -0.4 is 0 Å². The van der Waals surface area contributed by atoms with Crippen LogP contribution in [0.4, 0.5) is 4.39 Å². The van der Waals surface area contributed by atoms with Crippen molar-refractivity contribution in [2.45, 2.75) is 25.3 Å². The number of hydrogen-bond acceptors (Lipinski definition) is 2. The Morgan fingerprint density at radius 3 is 2.48 bits per heavy atom. The van der Waals surface area contributed by atoms with Crippen molar-refractivity contribution in [3.05, 3.63) is 70.5 Å². The van der Waals surface area contributed by atoms with Gasteiger partial charge in [0.15, 0.2) is 0 Å². The molecule has 1 saturated carbocycles. The van der Waals surface area contributed by atoms with Crippen molar-refractivity contribution >= 4 is 6.47 Å². The fourth-order valence-corrected chi connectivity index (χ4v) is 4.45. The molecule has 5 rings (SSSR count). The number of halogens is 1. The van der Waals surface area contributed by atoms with Crippen LogP contribution in [0.2, 0.25) is 0 Å². The molecule has 3 atom stereocenters. The number of piperidine rings is 1. The molecule has 2 aromatic rings. The molecule has 1 heterocycles. The molecule has 0 radical (unpaired) electrons. The predicted molar refractivity (Wildman–Crippen MR) is 102 cm³/mol. The van der Waals surface area contributed by atoms with Crippen LogP contribution in [0.5, 0.6) is 0 Å². The molecule has 3 unspecified atom stereocenters. The van der Waals surface area contributed by atoms with Gasteiger partial charge in [-0.3, -0.25) is 9.69 Å². The molecule has 27 heavy (non-hydrogen) atoms. The molecule has 2 aliphatic carbocycles. The van der Waals surface area contributed by atoms with E-state index in [4.69, 9.17) is 9.90 Å². The number of aryl methyl sites for hydroxylation is 1. The van der Waals surface area contributed by atoms with Gasteiger partial charge >= 0.3 is 0 Å². The third-order valence-electron chi connectivity index (χ3n) is 5.81. The zero-order valence-electron chi connectivity index (χ0n) is 15.1. The number of fused-ring (bicyclic) bond motifs is 2.